The van der Waals surface area contributed by atoms with Crippen LogP contribution in [0.5, 0.6) is 5.75 Å². The van der Waals surface area contributed by atoms with Gasteiger partial charge in [0, 0.05) is 31.6 Å². The first-order valence-electron chi connectivity index (χ1n) is 14.7. The molecule has 4 rings (SSSR count). The van der Waals surface area contributed by atoms with Gasteiger partial charge < -0.3 is 45.1 Å². The maximum atomic E-state index is 12.0. The lowest BCUT2D eigenvalue weighted by Gasteiger charge is -2.38. The zero-order valence-electron chi connectivity index (χ0n) is 25.0. The van der Waals surface area contributed by atoms with Crippen LogP contribution in [0.1, 0.15) is 59.7 Å². The average molecular weight is 608 g/mol. The number of esters is 1. The quantitative estimate of drug-likeness (QED) is 0.184. The second-order valence-corrected chi connectivity index (χ2v) is 10.8. The lowest BCUT2D eigenvalue weighted by atomic mass is 9.99. The second kappa shape index (κ2) is 16.2. The highest BCUT2D eigenvalue weighted by molar-refractivity contribution is 5.80. The van der Waals surface area contributed by atoms with Gasteiger partial charge in [-0.1, -0.05) is 60.7 Å². The summed E-state index contributed by atoms with van der Waals surface area (Å²) in [5.74, 6) is -0.395. The van der Waals surface area contributed by atoms with E-state index in [1.54, 1.807) is 31.2 Å². The number of carbonyl (C=O) groups is 2. The van der Waals surface area contributed by atoms with Crippen LogP contribution in [0.4, 0.5) is 4.79 Å². The summed E-state index contributed by atoms with van der Waals surface area (Å²) in [7, 11) is 1.91. The zero-order valence-corrected chi connectivity index (χ0v) is 25.0. The van der Waals surface area contributed by atoms with Gasteiger partial charge in [0.25, 0.3) is 0 Å². The highest BCUT2D eigenvalue weighted by Gasteiger charge is 2.33. The number of aliphatic hydroxyl groups excluding tert-OH is 2. The van der Waals surface area contributed by atoms with Crippen LogP contribution in [0.3, 0.4) is 0 Å². The molecule has 0 aromatic heterocycles. The third kappa shape index (κ3) is 9.76. The Kier molecular flexibility index (Phi) is 12.1. The van der Waals surface area contributed by atoms with Crippen LogP contribution >= 0.6 is 0 Å². The summed E-state index contributed by atoms with van der Waals surface area (Å²) in [5, 5.41) is 35.2. The van der Waals surface area contributed by atoms with Crippen LogP contribution in [0.15, 0.2) is 72.8 Å². The fourth-order valence-corrected chi connectivity index (χ4v) is 4.99. The van der Waals surface area contributed by atoms with Crippen LogP contribution in [-0.4, -0.2) is 71.6 Å². The number of aromatic hydroxyl groups is 1. The van der Waals surface area contributed by atoms with Crippen molar-refractivity contribution in [3.05, 3.63) is 101 Å². The van der Waals surface area contributed by atoms with Crippen molar-refractivity contribution in [2.45, 2.75) is 51.1 Å². The number of benzene rings is 3. The van der Waals surface area contributed by atoms with E-state index in [2.05, 4.69) is 10.6 Å². The normalized spacial score (nSPS) is 18.9. The minimum absolute atomic E-state index is 0.0409. The van der Waals surface area contributed by atoms with Crippen LogP contribution in [0.2, 0.25) is 0 Å². The van der Waals surface area contributed by atoms with E-state index < -0.39 is 24.4 Å². The van der Waals surface area contributed by atoms with Crippen molar-refractivity contribution in [1.82, 2.24) is 15.5 Å². The Bertz CT molecular complexity index is 1350. The number of aliphatic hydroxyl groups is 2. The highest BCUT2D eigenvalue weighted by atomic mass is 16.7. The smallest absolute Gasteiger partial charge is 0.325 e. The highest BCUT2D eigenvalue weighted by Crippen LogP contribution is 2.38. The predicted octanol–water partition coefficient (Wildman–Crippen LogP) is 3.46. The van der Waals surface area contributed by atoms with Crippen molar-refractivity contribution in [3.8, 4) is 5.75 Å². The van der Waals surface area contributed by atoms with Crippen LogP contribution in [-0.2, 0) is 32.2 Å². The molecule has 236 valence electrons. The summed E-state index contributed by atoms with van der Waals surface area (Å²) in [6, 6.07) is 21.3. The summed E-state index contributed by atoms with van der Waals surface area (Å²) in [5.41, 5.74) is 4.08. The van der Waals surface area contributed by atoms with Gasteiger partial charge in [-0.3, -0.25) is 4.79 Å². The Morgan fingerprint density at radius 3 is 2.39 bits per heavy atom. The van der Waals surface area contributed by atoms with E-state index in [-0.39, 0.29) is 44.3 Å². The number of rotatable bonds is 13. The molecule has 1 saturated heterocycles. The lowest BCUT2D eigenvalue weighted by Crippen LogP contribution is -2.39. The molecule has 1 aliphatic rings. The molecule has 1 aliphatic heterocycles. The third-order valence-corrected chi connectivity index (χ3v) is 7.27. The average Bonchev–Trinajstić information content (AvgIpc) is 3.03. The molecule has 0 spiro atoms. The van der Waals surface area contributed by atoms with E-state index in [0.29, 0.717) is 25.1 Å². The molecule has 0 radical (unpaired) electrons. The van der Waals surface area contributed by atoms with Gasteiger partial charge in [0.05, 0.1) is 31.5 Å². The van der Waals surface area contributed by atoms with E-state index in [1.807, 2.05) is 60.5 Å². The van der Waals surface area contributed by atoms with Crippen molar-refractivity contribution < 1.29 is 39.1 Å². The van der Waals surface area contributed by atoms with Crippen molar-refractivity contribution >= 4 is 12.0 Å². The second-order valence-electron chi connectivity index (χ2n) is 10.8. The van der Waals surface area contributed by atoms with Crippen LogP contribution < -0.4 is 10.6 Å². The maximum absolute atomic E-state index is 12.0. The van der Waals surface area contributed by atoms with Gasteiger partial charge in [-0.25, -0.2) is 4.79 Å². The largest absolute Gasteiger partial charge is 0.508 e. The van der Waals surface area contributed by atoms with Gasteiger partial charge >= 0.3 is 12.0 Å². The first-order valence-corrected chi connectivity index (χ1v) is 14.7. The molecule has 4 unspecified atom stereocenters. The number of hydrogen-bond acceptors (Lipinski definition) is 9. The molecule has 11 nitrogen and oxygen atoms in total. The molecule has 1 fully saturated rings. The molecule has 0 aliphatic carbocycles. The molecule has 3 aromatic carbocycles. The first-order chi connectivity index (χ1) is 21.2. The monoisotopic (exact) mass is 607 g/mol. The number of nitrogens with zero attached hydrogens (tertiary/aromatic N) is 1. The van der Waals surface area contributed by atoms with Crippen molar-refractivity contribution in [2.24, 2.45) is 0 Å². The Balaban J connectivity index is 1.40. The van der Waals surface area contributed by atoms with Crippen LogP contribution in [0, 0.1) is 0 Å². The topological polar surface area (TPSA) is 150 Å². The number of phenols is 1. The zero-order chi connectivity index (χ0) is 31.5. The number of carbonyl (C=O) groups excluding carboxylic acids is 2. The maximum Gasteiger partial charge on any atom is 0.325 e. The number of ether oxygens (including phenoxy) is 3. The summed E-state index contributed by atoms with van der Waals surface area (Å²) in [6.07, 6.45) is -1.33. The van der Waals surface area contributed by atoms with Crippen LogP contribution in [0.25, 0.3) is 0 Å². The van der Waals surface area contributed by atoms with Gasteiger partial charge in [0.2, 0.25) is 0 Å². The summed E-state index contributed by atoms with van der Waals surface area (Å²) in [4.78, 5) is 25.4. The van der Waals surface area contributed by atoms with E-state index in [0.717, 1.165) is 22.3 Å². The number of urea groups is 1. The molecule has 44 heavy (non-hydrogen) atoms. The fraction of sp³-hybridized carbons (Fsp3) is 0.394. The molecule has 5 N–H and O–H groups in total. The van der Waals surface area contributed by atoms with Crippen molar-refractivity contribution in [2.75, 3.05) is 33.3 Å². The number of amides is 2. The summed E-state index contributed by atoms with van der Waals surface area (Å²) < 4.78 is 17.6. The number of nitrogens with one attached hydrogen (secondary N) is 2. The molecule has 1 heterocycles. The summed E-state index contributed by atoms with van der Waals surface area (Å²) >= 11 is 0. The van der Waals surface area contributed by atoms with E-state index in [4.69, 9.17) is 14.2 Å². The lowest BCUT2D eigenvalue weighted by molar-refractivity contribution is -0.252. The fourth-order valence-electron chi connectivity index (χ4n) is 4.99. The Morgan fingerprint density at radius 2 is 1.70 bits per heavy atom. The van der Waals surface area contributed by atoms with Gasteiger partial charge in [-0.15, -0.1) is 0 Å². The van der Waals surface area contributed by atoms with Gasteiger partial charge in [-0.2, -0.15) is 0 Å². The van der Waals surface area contributed by atoms with Gasteiger partial charge in [-0.05, 0) is 48.4 Å². The van der Waals surface area contributed by atoms with E-state index in [1.165, 1.54) is 0 Å². The van der Waals surface area contributed by atoms with E-state index in [9.17, 15) is 24.9 Å². The number of hydrogen-bond donors (Lipinski definition) is 5. The third-order valence-electron chi connectivity index (χ3n) is 7.27. The minimum atomic E-state index is -0.780. The summed E-state index contributed by atoms with van der Waals surface area (Å²) in [6.45, 7) is 2.84. The Hall–Kier alpha value is -4.00. The van der Waals surface area contributed by atoms with E-state index >= 15 is 0 Å². The molecule has 0 saturated carbocycles. The SMILES string of the molecule is CCOC(=O)CNC(=O)NCc1ccc(C2OC(CN(C)CC(O)c3cccc(O)c3)CC(c3ccc(CO)cc3)O2)cc1. The predicted molar refractivity (Wildman–Crippen MR) is 162 cm³/mol. The standard InChI is InChI=1S/C33H41N3O8/c1-3-42-31(40)18-35-33(41)34-17-22-7-13-25(14-8-22)32-43-28(16-30(44-32)24-11-9-23(21-37)10-12-24)19-36(2)20-29(39)26-5-4-6-27(38)15-26/h4-15,28-30,32,37-39H,3,16-21H2,1-2H3,(H2,34,35,41). The molecule has 2 amide bonds. The molecule has 0 bridgehead atoms. The first kappa shape index (κ1) is 32.9. The molecular weight excluding hydrogens is 566 g/mol. The Labute approximate surface area is 257 Å². The Morgan fingerprint density at radius 1 is 1.00 bits per heavy atom. The number of likely N-dealkylation sites (N-methyl/N-ethyl adjacent to an activating group) is 1. The van der Waals surface area contributed by atoms with Crippen molar-refractivity contribution in [3.63, 3.8) is 0 Å². The molecule has 11 heteroatoms. The molecular formula is C33H41N3O8. The molecule has 3 aromatic rings. The number of phenolic OH excluding ortho intramolecular Hbond substituents is 1. The molecule has 4 atom stereocenters. The minimum Gasteiger partial charge on any atom is -0.508 e. The van der Waals surface area contributed by atoms with Gasteiger partial charge in [0.15, 0.2) is 6.29 Å². The van der Waals surface area contributed by atoms with Gasteiger partial charge in [0.1, 0.15) is 12.3 Å². The van der Waals surface area contributed by atoms with Crippen molar-refractivity contribution in [1.29, 1.82) is 0 Å².